The van der Waals surface area contributed by atoms with Gasteiger partial charge in [0.25, 0.3) is 0 Å². The fraction of sp³-hybridized carbons (Fsp3) is 0.154. The Kier molecular flexibility index (Phi) is 3.57. The van der Waals surface area contributed by atoms with E-state index in [0.29, 0.717) is 0 Å². The molecule has 1 unspecified atom stereocenters. The second-order valence-corrected chi connectivity index (χ2v) is 3.95. The van der Waals surface area contributed by atoms with Crippen LogP contribution in [-0.4, -0.2) is 15.7 Å². The van der Waals surface area contributed by atoms with Crippen LogP contribution in [0, 0.1) is 17.1 Å². The molecule has 1 atom stereocenters. The highest BCUT2D eigenvalue weighted by atomic mass is 19.1. The summed E-state index contributed by atoms with van der Waals surface area (Å²) in [6, 6.07) is 6.66. The van der Waals surface area contributed by atoms with E-state index < -0.39 is 11.9 Å². The van der Waals surface area contributed by atoms with Gasteiger partial charge < -0.3 is 5.32 Å². The highest BCUT2D eigenvalue weighted by Gasteiger charge is 2.16. The number of halogens is 1. The summed E-state index contributed by atoms with van der Waals surface area (Å²) in [7, 11) is 0. The smallest absolute Gasteiger partial charge is 0.248 e. The lowest BCUT2D eigenvalue weighted by Crippen LogP contribution is -2.24. The highest BCUT2D eigenvalue weighted by Crippen LogP contribution is 2.17. The summed E-state index contributed by atoms with van der Waals surface area (Å²) in [5.41, 5.74) is 0.369. The van der Waals surface area contributed by atoms with Crippen molar-refractivity contribution in [3.05, 3.63) is 48.0 Å². The lowest BCUT2D eigenvalue weighted by atomic mass is 10.2. The zero-order valence-electron chi connectivity index (χ0n) is 10.2. The SMILES string of the molecule is CC(C(=O)Nc1ccc(F)cc1C#N)n1cccn1. The second kappa shape index (κ2) is 5.31. The standard InChI is InChI=1S/C13H11FN4O/c1-9(18-6-2-5-16-18)13(19)17-12-4-3-11(14)7-10(12)8-15/h2-7,9H,1H3,(H,17,19). The van der Waals surface area contributed by atoms with Gasteiger partial charge in [0.05, 0.1) is 11.3 Å². The Morgan fingerprint density at radius 1 is 1.58 bits per heavy atom. The van der Waals surface area contributed by atoms with Gasteiger partial charge in [-0.05, 0) is 31.2 Å². The minimum absolute atomic E-state index is 0.0843. The molecule has 0 fully saturated rings. The van der Waals surface area contributed by atoms with E-state index in [-0.39, 0.29) is 17.2 Å². The molecule has 1 heterocycles. The number of benzene rings is 1. The van der Waals surface area contributed by atoms with Crippen molar-refractivity contribution in [2.24, 2.45) is 0 Å². The molecule has 19 heavy (non-hydrogen) atoms. The molecule has 2 rings (SSSR count). The quantitative estimate of drug-likeness (QED) is 0.916. The maximum atomic E-state index is 13.0. The molecule has 5 nitrogen and oxygen atoms in total. The van der Waals surface area contributed by atoms with Crippen molar-refractivity contribution in [1.29, 1.82) is 5.26 Å². The van der Waals surface area contributed by atoms with Crippen molar-refractivity contribution >= 4 is 11.6 Å². The van der Waals surface area contributed by atoms with Crippen LogP contribution in [0.1, 0.15) is 18.5 Å². The molecule has 0 aliphatic carbocycles. The summed E-state index contributed by atoms with van der Waals surface area (Å²) in [5.74, 6) is -0.846. The Bertz CT molecular complexity index is 631. The molecule has 0 saturated heterocycles. The van der Waals surface area contributed by atoms with Gasteiger partial charge in [0, 0.05) is 12.4 Å². The summed E-state index contributed by atoms with van der Waals surface area (Å²) in [4.78, 5) is 12.0. The van der Waals surface area contributed by atoms with E-state index in [1.165, 1.54) is 16.8 Å². The molecule has 6 heteroatoms. The number of amides is 1. The first-order valence-electron chi connectivity index (χ1n) is 5.61. The Hall–Kier alpha value is -2.68. The summed E-state index contributed by atoms with van der Waals surface area (Å²) in [6.07, 6.45) is 3.24. The van der Waals surface area contributed by atoms with E-state index >= 15 is 0 Å². The molecule has 1 N–H and O–H groups in total. The van der Waals surface area contributed by atoms with Crippen LogP contribution in [0.15, 0.2) is 36.7 Å². The largest absolute Gasteiger partial charge is 0.323 e. The molecule has 2 aromatic rings. The first-order valence-corrected chi connectivity index (χ1v) is 5.61. The van der Waals surface area contributed by atoms with Crippen LogP contribution in [0.25, 0.3) is 0 Å². The summed E-state index contributed by atoms with van der Waals surface area (Å²) in [5, 5.41) is 15.4. The van der Waals surface area contributed by atoms with Crippen molar-refractivity contribution in [2.45, 2.75) is 13.0 Å². The van der Waals surface area contributed by atoms with E-state index in [2.05, 4.69) is 10.4 Å². The number of carbonyl (C=O) groups is 1. The Labute approximate surface area is 109 Å². The third-order valence-corrected chi connectivity index (χ3v) is 2.66. The molecule has 1 amide bonds. The van der Waals surface area contributed by atoms with Crippen molar-refractivity contribution in [3.8, 4) is 6.07 Å². The van der Waals surface area contributed by atoms with Gasteiger partial charge in [-0.15, -0.1) is 0 Å². The van der Waals surface area contributed by atoms with Gasteiger partial charge in [-0.2, -0.15) is 10.4 Å². The van der Waals surface area contributed by atoms with E-state index in [9.17, 15) is 9.18 Å². The van der Waals surface area contributed by atoms with Crippen LogP contribution in [-0.2, 0) is 4.79 Å². The van der Waals surface area contributed by atoms with Crippen LogP contribution < -0.4 is 5.32 Å². The first kappa shape index (κ1) is 12.8. The van der Waals surface area contributed by atoms with Crippen LogP contribution in [0.3, 0.4) is 0 Å². The van der Waals surface area contributed by atoms with Crippen molar-refractivity contribution < 1.29 is 9.18 Å². The molecule has 1 aromatic heterocycles. The van der Waals surface area contributed by atoms with Gasteiger partial charge in [0.15, 0.2) is 0 Å². The number of rotatable bonds is 3. The zero-order chi connectivity index (χ0) is 13.8. The first-order chi connectivity index (χ1) is 9.11. The number of carbonyl (C=O) groups excluding carboxylic acids is 1. The summed E-state index contributed by atoms with van der Waals surface area (Å²) >= 11 is 0. The number of nitrogens with one attached hydrogen (secondary N) is 1. The van der Waals surface area contributed by atoms with Crippen LogP contribution in [0.2, 0.25) is 0 Å². The second-order valence-electron chi connectivity index (χ2n) is 3.95. The van der Waals surface area contributed by atoms with Crippen molar-refractivity contribution in [2.75, 3.05) is 5.32 Å². The average molecular weight is 258 g/mol. The maximum absolute atomic E-state index is 13.0. The Morgan fingerprint density at radius 2 is 2.37 bits per heavy atom. The molecule has 1 aromatic carbocycles. The number of hydrogen-bond acceptors (Lipinski definition) is 3. The Morgan fingerprint density at radius 3 is 3.00 bits per heavy atom. The predicted octanol–water partition coefficient (Wildman–Crippen LogP) is 2.09. The molecule has 0 saturated carbocycles. The van der Waals surface area contributed by atoms with Gasteiger partial charge >= 0.3 is 0 Å². The minimum atomic E-state index is -0.522. The van der Waals surface area contributed by atoms with Gasteiger partial charge in [0.1, 0.15) is 17.9 Å². The van der Waals surface area contributed by atoms with E-state index in [1.54, 1.807) is 25.4 Å². The average Bonchev–Trinajstić information content (AvgIpc) is 2.93. The number of anilines is 1. The molecule has 0 spiro atoms. The third kappa shape index (κ3) is 2.77. The molecular formula is C13H11FN4O. The number of aromatic nitrogens is 2. The van der Waals surface area contributed by atoms with Crippen LogP contribution in [0.5, 0.6) is 0 Å². The lowest BCUT2D eigenvalue weighted by molar-refractivity contribution is -0.119. The molecule has 0 bridgehead atoms. The zero-order valence-corrected chi connectivity index (χ0v) is 10.2. The van der Waals surface area contributed by atoms with E-state index in [0.717, 1.165) is 6.07 Å². The molecule has 0 radical (unpaired) electrons. The molecule has 96 valence electrons. The molecule has 0 aliphatic rings. The van der Waals surface area contributed by atoms with E-state index in [4.69, 9.17) is 5.26 Å². The van der Waals surface area contributed by atoms with Crippen molar-refractivity contribution in [1.82, 2.24) is 9.78 Å². The number of nitriles is 1. The van der Waals surface area contributed by atoms with Gasteiger partial charge in [-0.3, -0.25) is 9.48 Å². The topological polar surface area (TPSA) is 70.7 Å². The fourth-order valence-corrected chi connectivity index (χ4v) is 1.59. The monoisotopic (exact) mass is 258 g/mol. The third-order valence-electron chi connectivity index (χ3n) is 2.66. The minimum Gasteiger partial charge on any atom is -0.323 e. The molecular weight excluding hydrogens is 247 g/mol. The normalized spacial score (nSPS) is 11.6. The maximum Gasteiger partial charge on any atom is 0.248 e. The van der Waals surface area contributed by atoms with Gasteiger partial charge in [0.2, 0.25) is 5.91 Å². The number of nitrogens with zero attached hydrogens (tertiary/aromatic N) is 3. The Balaban J connectivity index is 2.18. The summed E-state index contributed by atoms with van der Waals surface area (Å²) in [6.45, 7) is 1.68. The summed E-state index contributed by atoms with van der Waals surface area (Å²) < 4.78 is 14.5. The van der Waals surface area contributed by atoms with Gasteiger partial charge in [-0.1, -0.05) is 0 Å². The van der Waals surface area contributed by atoms with E-state index in [1.807, 2.05) is 6.07 Å². The lowest BCUT2D eigenvalue weighted by Gasteiger charge is -2.13. The molecule has 0 aliphatic heterocycles. The van der Waals surface area contributed by atoms with Crippen molar-refractivity contribution in [3.63, 3.8) is 0 Å². The predicted molar refractivity (Wildman–Crippen MR) is 66.7 cm³/mol. The fourth-order valence-electron chi connectivity index (χ4n) is 1.59. The van der Waals surface area contributed by atoms with Crippen LogP contribution in [0.4, 0.5) is 10.1 Å². The highest BCUT2D eigenvalue weighted by molar-refractivity contribution is 5.94. The number of hydrogen-bond donors (Lipinski definition) is 1. The van der Waals surface area contributed by atoms with Crippen LogP contribution >= 0.6 is 0 Å². The van der Waals surface area contributed by atoms with Gasteiger partial charge in [-0.25, -0.2) is 4.39 Å².